The molecular weight excluding hydrogens is 591 g/mol. The van der Waals surface area contributed by atoms with Crippen LogP contribution in [0.25, 0.3) is 6.08 Å². The van der Waals surface area contributed by atoms with Gasteiger partial charge in [-0.25, -0.2) is 14.6 Å². The van der Waals surface area contributed by atoms with Gasteiger partial charge in [-0.2, -0.15) is 0 Å². The zero-order valence-corrected chi connectivity index (χ0v) is 20.8. The van der Waals surface area contributed by atoms with Gasteiger partial charge in [0, 0.05) is 22.7 Å². The Bertz CT molecular complexity index is 1400. The van der Waals surface area contributed by atoms with Crippen molar-refractivity contribution < 1.29 is 28.7 Å². The molecule has 176 valence electrons. The third-order valence-corrected chi connectivity index (χ3v) is 5.83. The number of nitrogens with zero attached hydrogens (tertiary/aromatic N) is 2. The maximum atomic E-state index is 12.5. The van der Waals surface area contributed by atoms with Crippen LogP contribution in [0.5, 0.6) is 11.5 Å². The first-order valence-electron chi connectivity index (χ1n) is 9.88. The van der Waals surface area contributed by atoms with E-state index in [-0.39, 0.29) is 28.8 Å². The lowest BCUT2D eigenvalue weighted by molar-refractivity contribution is -0.384. The average Bonchev–Trinajstić information content (AvgIpc) is 3.20. The van der Waals surface area contributed by atoms with E-state index in [4.69, 9.17) is 25.8 Å². The first-order valence-corrected chi connectivity index (χ1v) is 11.3. The number of esters is 2. The number of methoxy groups -OCH3 is 1. The first kappa shape index (κ1) is 24.4. The Morgan fingerprint density at radius 2 is 1.83 bits per heavy atom. The quantitative estimate of drug-likeness (QED) is 0.0920. The minimum atomic E-state index is -0.675. The first-order chi connectivity index (χ1) is 16.7. The van der Waals surface area contributed by atoms with Crippen molar-refractivity contribution in [3.8, 4) is 11.5 Å². The molecule has 11 heteroatoms. The predicted octanol–water partition coefficient (Wildman–Crippen LogP) is 5.43. The summed E-state index contributed by atoms with van der Waals surface area (Å²) in [6, 6.07) is 15.0. The molecular formula is C24H14ClIN2O7. The molecule has 1 aliphatic rings. The highest BCUT2D eigenvalue weighted by Gasteiger charge is 2.25. The number of carbonyl (C=O) groups excluding carboxylic acids is 2. The number of benzene rings is 3. The van der Waals surface area contributed by atoms with Gasteiger partial charge >= 0.3 is 11.9 Å². The molecule has 9 nitrogen and oxygen atoms in total. The number of nitro groups is 1. The summed E-state index contributed by atoms with van der Waals surface area (Å²) in [6.07, 6.45) is 1.50. The van der Waals surface area contributed by atoms with E-state index in [0.29, 0.717) is 25.3 Å². The lowest BCUT2D eigenvalue weighted by atomic mass is 10.1. The second-order valence-electron chi connectivity index (χ2n) is 7.07. The van der Waals surface area contributed by atoms with Crippen molar-refractivity contribution in [2.45, 2.75) is 0 Å². The SMILES string of the molecule is COc1cc(/C=C2\N=C(c3ccc([N+](=O)[O-])cc3)OC2=O)cc(I)c1OC(=O)c1ccc(Cl)cc1. The van der Waals surface area contributed by atoms with Crippen LogP contribution in [-0.2, 0) is 9.53 Å². The van der Waals surface area contributed by atoms with Gasteiger partial charge in [0.15, 0.2) is 17.2 Å². The summed E-state index contributed by atoms with van der Waals surface area (Å²) in [4.78, 5) is 39.4. The van der Waals surface area contributed by atoms with E-state index in [1.807, 2.05) is 22.6 Å². The van der Waals surface area contributed by atoms with Crippen LogP contribution in [0, 0.1) is 13.7 Å². The zero-order chi connectivity index (χ0) is 25.1. The molecule has 0 spiro atoms. The Labute approximate surface area is 217 Å². The molecule has 0 unspecified atom stereocenters. The van der Waals surface area contributed by atoms with Gasteiger partial charge in [0.1, 0.15) is 0 Å². The van der Waals surface area contributed by atoms with Crippen LogP contribution >= 0.6 is 34.2 Å². The summed E-state index contributed by atoms with van der Waals surface area (Å²) in [6.45, 7) is 0. The van der Waals surface area contributed by atoms with Crippen LogP contribution in [0.2, 0.25) is 5.02 Å². The van der Waals surface area contributed by atoms with Gasteiger partial charge in [0.2, 0.25) is 5.90 Å². The smallest absolute Gasteiger partial charge is 0.363 e. The topological polar surface area (TPSA) is 117 Å². The molecule has 4 rings (SSSR count). The number of non-ortho nitro benzene ring substituents is 1. The standard InChI is InChI=1S/C24H14ClIN2O7/c1-33-20-12-13(10-18(26)21(20)34-23(29)15-2-6-16(25)7-3-15)11-19-24(30)35-22(27-19)14-4-8-17(9-5-14)28(31)32/h2-12H,1H3/b19-11-. The van der Waals surface area contributed by atoms with Crippen molar-refractivity contribution >= 4 is 63.8 Å². The van der Waals surface area contributed by atoms with Crippen LogP contribution in [0.4, 0.5) is 5.69 Å². The molecule has 0 N–H and O–H groups in total. The third-order valence-electron chi connectivity index (χ3n) is 4.78. The maximum absolute atomic E-state index is 12.5. The van der Waals surface area contributed by atoms with Crippen LogP contribution in [0.1, 0.15) is 21.5 Å². The van der Waals surface area contributed by atoms with E-state index in [9.17, 15) is 19.7 Å². The molecule has 0 bridgehead atoms. The maximum Gasteiger partial charge on any atom is 0.363 e. The summed E-state index contributed by atoms with van der Waals surface area (Å²) in [5.41, 5.74) is 1.23. The lowest BCUT2D eigenvalue weighted by Crippen LogP contribution is -2.10. The molecule has 0 saturated heterocycles. The third kappa shape index (κ3) is 5.49. The van der Waals surface area contributed by atoms with Crippen molar-refractivity contribution in [3.63, 3.8) is 0 Å². The molecule has 0 radical (unpaired) electrons. The van der Waals surface area contributed by atoms with Gasteiger partial charge in [-0.1, -0.05) is 11.6 Å². The molecule has 1 heterocycles. The van der Waals surface area contributed by atoms with Gasteiger partial charge < -0.3 is 14.2 Å². The van der Waals surface area contributed by atoms with E-state index in [1.54, 1.807) is 36.4 Å². The van der Waals surface area contributed by atoms with Gasteiger partial charge in [-0.3, -0.25) is 10.1 Å². The minimum Gasteiger partial charge on any atom is -0.493 e. The number of hydrogen-bond donors (Lipinski definition) is 0. The summed E-state index contributed by atoms with van der Waals surface area (Å²) < 4.78 is 16.7. The average molecular weight is 605 g/mol. The van der Waals surface area contributed by atoms with E-state index < -0.39 is 16.9 Å². The van der Waals surface area contributed by atoms with Gasteiger partial charge in [-0.05, 0) is 82.8 Å². The van der Waals surface area contributed by atoms with Crippen molar-refractivity contribution in [2.24, 2.45) is 4.99 Å². The molecule has 0 aliphatic carbocycles. The molecule has 0 amide bonds. The highest BCUT2D eigenvalue weighted by Crippen LogP contribution is 2.35. The number of cyclic esters (lactones) is 1. The number of ether oxygens (including phenoxy) is 3. The molecule has 35 heavy (non-hydrogen) atoms. The highest BCUT2D eigenvalue weighted by atomic mass is 127. The minimum absolute atomic E-state index is 0.0297. The Balaban J connectivity index is 1.60. The fourth-order valence-electron chi connectivity index (χ4n) is 3.08. The van der Waals surface area contributed by atoms with Crippen LogP contribution in [0.3, 0.4) is 0 Å². The Hall–Kier alpha value is -3.77. The highest BCUT2D eigenvalue weighted by molar-refractivity contribution is 14.1. The number of rotatable bonds is 6. The molecule has 3 aromatic rings. The van der Waals surface area contributed by atoms with Crippen molar-refractivity contribution in [1.82, 2.24) is 0 Å². The molecule has 3 aromatic carbocycles. The summed E-state index contributed by atoms with van der Waals surface area (Å²) in [5, 5.41) is 11.3. The summed E-state index contributed by atoms with van der Waals surface area (Å²) >= 11 is 7.85. The number of carbonyl (C=O) groups is 2. The number of nitro benzene ring substituents is 1. The summed E-state index contributed by atoms with van der Waals surface area (Å²) in [7, 11) is 1.43. The second-order valence-corrected chi connectivity index (χ2v) is 8.67. The number of hydrogen-bond acceptors (Lipinski definition) is 8. The lowest BCUT2D eigenvalue weighted by Gasteiger charge is -2.12. The molecule has 1 aliphatic heterocycles. The number of aliphatic imine (C=N–C) groups is 1. The summed E-state index contributed by atoms with van der Waals surface area (Å²) in [5.74, 6) is -0.728. The van der Waals surface area contributed by atoms with Crippen molar-refractivity contribution in [1.29, 1.82) is 0 Å². The second kappa shape index (κ2) is 10.2. The van der Waals surface area contributed by atoms with Crippen LogP contribution in [-0.4, -0.2) is 29.9 Å². The molecule has 0 saturated carbocycles. The van der Waals surface area contributed by atoms with Crippen LogP contribution in [0.15, 0.2) is 71.4 Å². The van der Waals surface area contributed by atoms with Crippen molar-refractivity contribution in [3.05, 3.63) is 102 Å². The molecule has 0 atom stereocenters. The Morgan fingerprint density at radius 1 is 1.14 bits per heavy atom. The van der Waals surface area contributed by atoms with E-state index in [2.05, 4.69) is 4.99 Å². The van der Waals surface area contributed by atoms with E-state index >= 15 is 0 Å². The molecule has 0 fully saturated rings. The van der Waals surface area contributed by atoms with Gasteiger partial charge in [0.05, 0.1) is 21.2 Å². The Kier molecular flexibility index (Phi) is 7.12. The monoisotopic (exact) mass is 604 g/mol. The number of halogens is 2. The van der Waals surface area contributed by atoms with Gasteiger partial charge in [0.25, 0.3) is 5.69 Å². The fourth-order valence-corrected chi connectivity index (χ4v) is 3.94. The largest absolute Gasteiger partial charge is 0.493 e. The molecule has 0 aromatic heterocycles. The van der Waals surface area contributed by atoms with E-state index in [0.717, 1.165) is 0 Å². The van der Waals surface area contributed by atoms with E-state index in [1.165, 1.54) is 37.5 Å². The predicted molar refractivity (Wildman–Crippen MR) is 136 cm³/mol. The zero-order valence-electron chi connectivity index (χ0n) is 17.9. The van der Waals surface area contributed by atoms with Crippen LogP contribution < -0.4 is 9.47 Å². The normalized spacial score (nSPS) is 13.9. The fraction of sp³-hybridized carbons (Fsp3) is 0.0417. The Morgan fingerprint density at radius 3 is 2.46 bits per heavy atom. The van der Waals surface area contributed by atoms with Crippen molar-refractivity contribution in [2.75, 3.05) is 7.11 Å². The van der Waals surface area contributed by atoms with Gasteiger partial charge in [-0.15, -0.1) is 0 Å².